The highest BCUT2D eigenvalue weighted by molar-refractivity contribution is 6.16. The van der Waals surface area contributed by atoms with Gasteiger partial charge in [-0.1, -0.05) is 24.3 Å². The summed E-state index contributed by atoms with van der Waals surface area (Å²) < 4.78 is 12.9. The van der Waals surface area contributed by atoms with E-state index in [2.05, 4.69) is 4.57 Å². The zero-order valence-electron chi connectivity index (χ0n) is 14.4. The first-order valence-electron chi connectivity index (χ1n) is 8.55. The molecule has 1 atom stereocenters. The van der Waals surface area contributed by atoms with Gasteiger partial charge in [0, 0.05) is 35.0 Å². The van der Waals surface area contributed by atoms with Gasteiger partial charge in [0.05, 0.1) is 24.3 Å². The summed E-state index contributed by atoms with van der Waals surface area (Å²) in [6, 6.07) is 9.38. The molecule has 1 saturated heterocycles. The summed E-state index contributed by atoms with van der Waals surface area (Å²) >= 11 is 0. The number of carbonyl (C=O) groups excluding carboxylic acids is 1. The second-order valence-corrected chi connectivity index (χ2v) is 6.54. The molecule has 0 bridgehead atoms. The van der Waals surface area contributed by atoms with Crippen LogP contribution >= 0.6 is 0 Å². The molecule has 1 aliphatic heterocycles. The number of phenolic OH excluding ortho intramolecular Hbond substituents is 1. The number of ether oxygens (including phenoxy) is 2. The number of hydrogen-bond acceptors (Lipinski definition) is 4. The van der Waals surface area contributed by atoms with E-state index in [1.807, 2.05) is 31.2 Å². The lowest BCUT2D eigenvalue weighted by atomic mass is 10.0. The molecule has 25 heavy (non-hydrogen) atoms. The number of aromatic nitrogens is 1. The molecule has 130 valence electrons. The lowest BCUT2D eigenvalue weighted by Crippen LogP contribution is -2.16. The Hall–Kier alpha value is -2.53. The number of fused-ring (bicyclic) bond motifs is 3. The fourth-order valence-electron chi connectivity index (χ4n) is 3.90. The number of benzene rings is 2. The van der Waals surface area contributed by atoms with Crippen LogP contribution in [0.4, 0.5) is 0 Å². The van der Waals surface area contributed by atoms with E-state index in [1.165, 1.54) is 7.11 Å². The molecule has 2 heterocycles. The Balaban J connectivity index is 2.05. The van der Waals surface area contributed by atoms with Crippen LogP contribution in [0.5, 0.6) is 5.75 Å². The van der Waals surface area contributed by atoms with Crippen molar-refractivity contribution in [1.29, 1.82) is 0 Å². The Labute approximate surface area is 145 Å². The first-order valence-corrected chi connectivity index (χ1v) is 8.55. The Morgan fingerprint density at radius 1 is 1.32 bits per heavy atom. The van der Waals surface area contributed by atoms with Gasteiger partial charge in [0.25, 0.3) is 0 Å². The number of nitrogens with zero attached hydrogens (tertiary/aromatic N) is 1. The van der Waals surface area contributed by atoms with Gasteiger partial charge in [-0.2, -0.15) is 0 Å². The fraction of sp³-hybridized carbons (Fsp3) is 0.350. The summed E-state index contributed by atoms with van der Waals surface area (Å²) in [4.78, 5) is 12.4. The van der Waals surface area contributed by atoms with Crippen molar-refractivity contribution in [3.8, 4) is 5.75 Å². The van der Waals surface area contributed by atoms with Crippen LogP contribution in [-0.2, 0) is 16.0 Å². The van der Waals surface area contributed by atoms with Crippen molar-refractivity contribution in [1.82, 2.24) is 4.57 Å². The Morgan fingerprint density at radius 3 is 2.76 bits per heavy atom. The third-order valence-electron chi connectivity index (χ3n) is 5.10. The maximum Gasteiger partial charge on any atom is 0.340 e. The van der Waals surface area contributed by atoms with E-state index in [4.69, 9.17) is 9.47 Å². The van der Waals surface area contributed by atoms with E-state index >= 15 is 0 Å². The van der Waals surface area contributed by atoms with Crippen LogP contribution in [0.1, 0.15) is 28.9 Å². The number of aromatic hydroxyl groups is 1. The molecule has 5 nitrogen and oxygen atoms in total. The molecule has 1 fully saturated rings. The van der Waals surface area contributed by atoms with Crippen LogP contribution in [0.2, 0.25) is 0 Å². The fourth-order valence-corrected chi connectivity index (χ4v) is 3.90. The zero-order chi connectivity index (χ0) is 17.6. The molecule has 0 amide bonds. The van der Waals surface area contributed by atoms with E-state index < -0.39 is 0 Å². The van der Waals surface area contributed by atoms with Crippen molar-refractivity contribution < 1.29 is 19.4 Å². The Bertz CT molecular complexity index is 967. The van der Waals surface area contributed by atoms with Crippen molar-refractivity contribution in [2.24, 2.45) is 0 Å². The minimum absolute atomic E-state index is 0.146. The van der Waals surface area contributed by atoms with Crippen LogP contribution in [0.15, 0.2) is 30.3 Å². The van der Waals surface area contributed by atoms with Crippen molar-refractivity contribution in [3.63, 3.8) is 0 Å². The van der Waals surface area contributed by atoms with Crippen LogP contribution in [0.25, 0.3) is 21.7 Å². The molecule has 3 aromatic rings. The van der Waals surface area contributed by atoms with E-state index in [9.17, 15) is 9.90 Å². The number of rotatable bonds is 3. The third kappa shape index (κ3) is 2.46. The lowest BCUT2D eigenvalue weighted by Gasteiger charge is -2.15. The second-order valence-electron chi connectivity index (χ2n) is 6.54. The van der Waals surface area contributed by atoms with Gasteiger partial charge in [-0.3, -0.25) is 0 Å². The highest BCUT2D eigenvalue weighted by Gasteiger charge is 2.26. The summed E-state index contributed by atoms with van der Waals surface area (Å²) in [6.45, 7) is 3.40. The summed E-state index contributed by atoms with van der Waals surface area (Å²) in [5.41, 5.74) is 2.30. The summed E-state index contributed by atoms with van der Waals surface area (Å²) in [5, 5.41) is 12.9. The molecule has 1 unspecified atom stereocenters. The third-order valence-corrected chi connectivity index (χ3v) is 5.10. The predicted molar refractivity (Wildman–Crippen MR) is 96.2 cm³/mol. The molecule has 1 aromatic heterocycles. The molecule has 0 spiro atoms. The highest BCUT2D eigenvalue weighted by atomic mass is 16.5. The average Bonchev–Trinajstić information content (AvgIpc) is 3.22. The minimum atomic E-state index is -0.386. The van der Waals surface area contributed by atoms with E-state index in [0.717, 1.165) is 46.8 Å². The van der Waals surface area contributed by atoms with Gasteiger partial charge in [-0.25, -0.2) is 4.79 Å². The van der Waals surface area contributed by atoms with Gasteiger partial charge >= 0.3 is 5.97 Å². The Kier molecular flexibility index (Phi) is 3.88. The van der Waals surface area contributed by atoms with Gasteiger partial charge < -0.3 is 19.1 Å². The first kappa shape index (κ1) is 16.0. The molecular weight excluding hydrogens is 318 g/mol. The molecule has 0 saturated carbocycles. The Morgan fingerprint density at radius 2 is 2.08 bits per heavy atom. The highest BCUT2D eigenvalue weighted by Crippen LogP contribution is 2.38. The molecule has 0 radical (unpaired) electrons. The monoisotopic (exact) mass is 339 g/mol. The van der Waals surface area contributed by atoms with Gasteiger partial charge in [0.15, 0.2) is 0 Å². The maximum atomic E-state index is 12.4. The largest absolute Gasteiger partial charge is 0.507 e. The van der Waals surface area contributed by atoms with Gasteiger partial charge in [0.1, 0.15) is 5.75 Å². The summed E-state index contributed by atoms with van der Waals surface area (Å²) in [6.07, 6.45) is 2.23. The maximum absolute atomic E-state index is 12.4. The van der Waals surface area contributed by atoms with Crippen molar-refractivity contribution in [2.45, 2.75) is 32.4 Å². The van der Waals surface area contributed by atoms with Crippen molar-refractivity contribution in [2.75, 3.05) is 13.7 Å². The van der Waals surface area contributed by atoms with Crippen LogP contribution in [0, 0.1) is 6.92 Å². The van der Waals surface area contributed by atoms with Gasteiger partial charge in [0.2, 0.25) is 0 Å². The number of esters is 1. The van der Waals surface area contributed by atoms with Crippen LogP contribution in [0.3, 0.4) is 0 Å². The predicted octanol–water partition coefficient (Wildman–Crippen LogP) is 3.77. The molecule has 1 N–H and O–H groups in total. The van der Waals surface area contributed by atoms with Gasteiger partial charge in [-0.15, -0.1) is 0 Å². The van der Waals surface area contributed by atoms with Crippen molar-refractivity contribution in [3.05, 3.63) is 41.6 Å². The normalized spacial score (nSPS) is 17.4. The number of hydrogen-bond donors (Lipinski definition) is 1. The first-order chi connectivity index (χ1) is 12.1. The summed E-state index contributed by atoms with van der Waals surface area (Å²) in [7, 11) is 1.38. The molecule has 5 heteroatoms. The lowest BCUT2D eigenvalue weighted by molar-refractivity contribution is 0.0600. The van der Waals surface area contributed by atoms with E-state index in [0.29, 0.717) is 12.1 Å². The van der Waals surface area contributed by atoms with Crippen LogP contribution < -0.4 is 0 Å². The minimum Gasteiger partial charge on any atom is -0.507 e. The quantitative estimate of drug-likeness (QED) is 0.738. The molecular formula is C20H21NO4. The number of phenols is 1. The topological polar surface area (TPSA) is 60.7 Å². The SMILES string of the molecule is COC(=O)c1c(C)n(CC2CCCO2)c2c1cc(O)c1ccccc12. The average molecular weight is 339 g/mol. The second kappa shape index (κ2) is 6.08. The molecule has 0 aliphatic carbocycles. The summed E-state index contributed by atoms with van der Waals surface area (Å²) in [5.74, 6) is -0.217. The molecule has 1 aliphatic rings. The van der Waals surface area contributed by atoms with E-state index in [-0.39, 0.29) is 17.8 Å². The van der Waals surface area contributed by atoms with Crippen LogP contribution in [-0.4, -0.2) is 35.5 Å². The molecule has 2 aromatic carbocycles. The van der Waals surface area contributed by atoms with E-state index in [1.54, 1.807) is 6.07 Å². The standard InChI is InChI=1S/C20H21NO4/c1-12-18(20(23)24-2)16-10-17(22)14-7-3-4-8-15(14)19(16)21(12)11-13-6-5-9-25-13/h3-4,7-8,10,13,22H,5-6,9,11H2,1-2H3. The number of carbonyl (C=O) groups is 1. The van der Waals surface area contributed by atoms with Gasteiger partial charge in [-0.05, 0) is 25.8 Å². The molecule has 4 rings (SSSR count). The zero-order valence-corrected chi connectivity index (χ0v) is 14.4. The smallest absolute Gasteiger partial charge is 0.340 e. The number of methoxy groups -OCH3 is 1. The van der Waals surface area contributed by atoms with Crippen molar-refractivity contribution >= 4 is 27.6 Å².